The third-order valence-electron chi connectivity index (χ3n) is 3.29. The third-order valence-corrected chi connectivity index (χ3v) is 3.73. The highest BCUT2D eigenvalue weighted by molar-refractivity contribution is 7.80. The molecule has 0 aliphatic rings. The predicted octanol–water partition coefficient (Wildman–Crippen LogP) is 4.50. The van der Waals surface area contributed by atoms with Gasteiger partial charge in [0, 0.05) is 16.4 Å². The van der Waals surface area contributed by atoms with Gasteiger partial charge in [-0.15, -0.1) is 0 Å². The van der Waals surface area contributed by atoms with Gasteiger partial charge in [-0.3, -0.25) is 15.6 Å². The molecule has 8 heteroatoms. The van der Waals surface area contributed by atoms with Crippen molar-refractivity contribution in [3.8, 4) is 0 Å². The molecule has 1 aromatic heterocycles. The van der Waals surface area contributed by atoms with Gasteiger partial charge in [-0.25, -0.2) is 0 Å². The van der Waals surface area contributed by atoms with Crippen LogP contribution in [0.25, 0.3) is 0 Å². The first-order valence-electron chi connectivity index (χ1n) is 7.64. The number of anilines is 3. The summed E-state index contributed by atoms with van der Waals surface area (Å²) >= 11 is 11.1. The molecule has 132 valence electrons. The molecule has 2 aromatic carbocycles. The molecule has 0 atom stereocenters. The Kier molecular flexibility index (Phi) is 5.73. The molecule has 0 saturated heterocycles. The van der Waals surface area contributed by atoms with Crippen LogP contribution in [0.3, 0.4) is 0 Å². The van der Waals surface area contributed by atoms with Crippen molar-refractivity contribution in [2.24, 2.45) is 0 Å². The zero-order valence-electron chi connectivity index (χ0n) is 13.5. The van der Waals surface area contributed by atoms with Gasteiger partial charge < -0.3 is 15.1 Å². The monoisotopic (exact) mass is 386 g/mol. The number of rotatable bonds is 5. The number of furan rings is 1. The Hall–Kier alpha value is -3.03. The first kappa shape index (κ1) is 17.8. The standard InChI is InChI=1S/C18H15ClN4O2S/c19-12-3-1-4-15(11-12)22-23-18(26)21-14-8-6-13(7-9-14)20-17(24)16-5-2-10-25-16/h1-11,22H,(H,20,24)(H2,21,23,26). The molecule has 0 bridgehead atoms. The number of halogens is 1. The molecule has 0 radical (unpaired) electrons. The lowest BCUT2D eigenvalue weighted by Gasteiger charge is -2.13. The van der Waals surface area contributed by atoms with Crippen LogP contribution in [0, 0.1) is 0 Å². The molecule has 26 heavy (non-hydrogen) atoms. The summed E-state index contributed by atoms with van der Waals surface area (Å²) in [5.41, 5.74) is 8.03. The van der Waals surface area contributed by atoms with E-state index in [1.807, 2.05) is 12.1 Å². The minimum absolute atomic E-state index is 0.254. The number of thiocarbonyl (C=S) groups is 1. The summed E-state index contributed by atoms with van der Waals surface area (Å²) in [6.07, 6.45) is 1.45. The topological polar surface area (TPSA) is 78.3 Å². The summed E-state index contributed by atoms with van der Waals surface area (Å²) in [5, 5.41) is 6.79. The fourth-order valence-corrected chi connectivity index (χ4v) is 2.45. The van der Waals surface area contributed by atoms with Crippen LogP contribution in [0.5, 0.6) is 0 Å². The maximum absolute atomic E-state index is 11.9. The number of carbonyl (C=O) groups is 1. The van der Waals surface area contributed by atoms with Crippen molar-refractivity contribution >= 4 is 51.9 Å². The zero-order chi connectivity index (χ0) is 18.4. The summed E-state index contributed by atoms with van der Waals surface area (Å²) in [4.78, 5) is 11.9. The van der Waals surface area contributed by atoms with Gasteiger partial charge in [0.05, 0.1) is 12.0 Å². The number of nitrogens with one attached hydrogen (secondary N) is 4. The minimum Gasteiger partial charge on any atom is -0.459 e. The van der Waals surface area contributed by atoms with E-state index in [0.717, 1.165) is 11.4 Å². The Balaban J connectivity index is 1.50. The van der Waals surface area contributed by atoms with Crippen LogP contribution in [0.4, 0.5) is 17.1 Å². The van der Waals surface area contributed by atoms with Crippen LogP contribution < -0.4 is 21.5 Å². The van der Waals surface area contributed by atoms with Crippen molar-refractivity contribution in [3.05, 3.63) is 77.7 Å². The van der Waals surface area contributed by atoms with Crippen LogP contribution in [0.1, 0.15) is 10.6 Å². The van der Waals surface area contributed by atoms with E-state index in [9.17, 15) is 4.79 Å². The predicted molar refractivity (Wildman–Crippen MR) is 108 cm³/mol. The second kappa shape index (κ2) is 8.37. The van der Waals surface area contributed by atoms with E-state index in [2.05, 4.69) is 21.5 Å². The molecule has 4 N–H and O–H groups in total. The van der Waals surface area contributed by atoms with E-state index >= 15 is 0 Å². The van der Waals surface area contributed by atoms with E-state index in [0.29, 0.717) is 15.8 Å². The molecule has 1 heterocycles. The van der Waals surface area contributed by atoms with Crippen molar-refractivity contribution in [2.45, 2.75) is 0 Å². The van der Waals surface area contributed by atoms with Crippen LogP contribution in [0.15, 0.2) is 71.3 Å². The van der Waals surface area contributed by atoms with Gasteiger partial charge in [0.25, 0.3) is 5.91 Å². The molecule has 0 spiro atoms. The van der Waals surface area contributed by atoms with Gasteiger partial charge in [-0.2, -0.15) is 0 Å². The fourth-order valence-electron chi connectivity index (χ4n) is 2.09. The number of benzene rings is 2. The first-order valence-corrected chi connectivity index (χ1v) is 8.42. The van der Waals surface area contributed by atoms with Crippen LogP contribution in [-0.2, 0) is 0 Å². The molecule has 0 saturated carbocycles. The second-order valence-corrected chi connectivity index (χ2v) is 6.07. The van der Waals surface area contributed by atoms with E-state index in [4.69, 9.17) is 28.2 Å². The fraction of sp³-hybridized carbons (Fsp3) is 0. The maximum atomic E-state index is 11.9. The summed E-state index contributed by atoms with van der Waals surface area (Å²) in [6, 6.07) is 17.6. The van der Waals surface area contributed by atoms with Crippen molar-refractivity contribution in [1.82, 2.24) is 5.43 Å². The number of hydrogen-bond acceptors (Lipinski definition) is 4. The maximum Gasteiger partial charge on any atom is 0.291 e. The van der Waals surface area contributed by atoms with Gasteiger partial charge in [-0.1, -0.05) is 17.7 Å². The molecule has 1 amide bonds. The van der Waals surface area contributed by atoms with Gasteiger partial charge in [0.1, 0.15) is 0 Å². The lowest BCUT2D eigenvalue weighted by atomic mass is 10.2. The van der Waals surface area contributed by atoms with Crippen molar-refractivity contribution in [3.63, 3.8) is 0 Å². The molecule has 3 rings (SSSR count). The number of carbonyl (C=O) groups excluding carboxylic acids is 1. The molecule has 0 fully saturated rings. The Morgan fingerprint density at radius 3 is 2.31 bits per heavy atom. The molecule has 6 nitrogen and oxygen atoms in total. The average molecular weight is 387 g/mol. The molecule has 0 unspecified atom stereocenters. The van der Waals surface area contributed by atoms with Crippen molar-refractivity contribution in [2.75, 3.05) is 16.1 Å². The third kappa shape index (κ3) is 4.98. The van der Waals surface area contributed by atoms with E-state index in [-0.39, 0.29) is 11.7 Å². The quantitative estimate of drug-likeness (QED) is 0.382. The van der Waals surface area contributed by atoms with Crippen molar-refractivity contribution < 1.29 is 9.21 Å². The Morgan fingerprint density at radius 1 is 0.923 bits per heavy atom. The molecule has 3 aromatic rings. The summed E-state index contributed by atoms with van der Waals surface area (Å²) in [5.74, 6) is -0.0525. The summed E-state index contributed by atoms with van der Waals surface area (Å²) < 4.78 is 5.05. The van der Waals surface area contributed by atoms with Gasteiger partial charge in [-0.05, 0) is 66.8 Å². The second-order valence-electron chi connectivity index (χ2n) is 5.22. The highest BCUT2D eigenvalue weighted by atomic mass is 35.5. The highest BCUT2D eigenvalue weighted by Gasteiger charge is 2.08. The average Bonchev–Trinajstić information content (AvgIpc) is 3.17. The number of amides is 1. The highest BCUT2D eigenvalue weighted by Crippen LogP contribution is 2.16. The molecular weight excluding hydrogens is 372 g/mol. The van der Waals surface area contributed by atoms with Crippen LogP contribution in [0.2, 0.25) is 5.02 Å². The van der Waals surface area contributed by atoms with E-state index in [1.54, 1.807) is 48.5 Å². The number of hydrogen-bond donors (Lipinski definition) is 4. The Morgan fingerprint density at radius 2 is 1.65 bits per heavy atom. The first-order chi connectivity index (χ1) is 12.6. The Labute approximate surface area is 160 Å². The van der Waals surface area contributed by atoms with Crippen LogP contribution in [-0.4, -0.2) is 11.0 Å². The van der Waals surface area contributed by atoms with Gasteiger partial charge >= 0.3 is 0 Å². The van der Waals surface area contributed by atoms with E-state index in [1.165, 1.54) is 6.26 Å². The zero-order valence-corrected chi connectivity index (χ0v) is 15.0. The Bertz CT molecular complexity index is 898. The molecule has 0 aliphatic carbocycles. The minimum atomic E-state index is -0.307. The molecule has 0 aliphatic heterocycles. The van der Waals surface area contributed by atoms with Gasteiger partial charge in [0.2, 0.25) is 0 Å². The summed E-state index contributed by atoms with van der Waals surface area (Å²) in [7, 11) is 0. The number of hydrazine groups is 1. The smallest absolute Gasteiger partial charge is 0.291 e. The summed E-state index contributed by atoms with van der Waals surface area (Å²) in [6.45, 7) is 0. The largest absolute Gasteiger partial charge is 0.459 e. The van der Waals surface area contributed by atoms with Crippen molar-refractivity contribution in [1.29, 1.82) is 0 Å². The normalized spacial score (nSPS) is 10.0. The van der Waals surface area contributed by atoms with Crippen LogP contribution >= 0.6 is 23.8 Å². The lowest BCUT2D eigenvalue weighted by molar-refractivity contribution is 0.0996. The lowest BCUT2D eigenvalue weighted by Crippen LogP contribution is -2.33. The molecular formula is C18H15ClN4O2S. The SMILES string of the molecule is O=C(Nc1ccc(NC(=S)NNc2cccc(Cl)c2)cc1)c1ccco1. The van der Waals surface area contributed by atoms with E-state index < -0.39 is 0 Å². The van der Waals surface area contributed by atoms with Gasteiger partial charge in [0.15, 0.2) is 10.9 Å².